The molecule has 1 saturated heterocycles. The minimum Gasteiger partial charge on any atom is -0.481 e. The van der Waals surface area contributed by atoms with Crippen LogP contribution in [-0.2, 0) is 4.79 Å². The molecule has 0 radical (unpaired) electrons. The van der Waals surface area contributed by atoms with Crippen molar-refractivity contribution in [1.82, 2.24) is 14.8 Å². The summed E-state index contributed by atoms with van der Waals surface area (Å²) in [6, 6.07) is 14.7. The lowest BCUT2D eigenvalue weighted by atomic mass is 9.97. The summed E-state index contributed by atoms with van der Waals surface area (Å²) in [5, 5.41) is 2.13. The van der Waals surface area contributed by atoms with E-state index in [0.29, 0.717) is 11.8 Å². The van der Waals surface area contributed by atoms with Crippen LogP contribution in [0.4, 0.5) is 0 Å². The summed E-state index contributed by atoms with van der Waals surface area (Å²) in [6.45, 7) is 5.49. The van der Waals surface area contributed by atoms with Crippen LogP contribution in [0.3, 0.4) is 0 Å². The number of hydrogen-bond acceptors (Lipinski definition) is 4. The van der Waals surface area contributed by atoms with Gasteiger partial charge in [0.25, 0.3) is 5.91 Å². The molecule has 1 amide bonds. The van der Waals surface area contributed by atoms with Gasteiger partial charge < -0.3 is 14.5 Å². The Morgan fingerprint density at radius 1 is 1.17 bits per heavy atom. The quantitative estimate of drug-likeness (QED) is 0.642. The molecule has 0 spiro atoms. The van der Waals surface area contributed by atoms with Crippen molar-refractivity contribution in [3.05, 3.63) is 60.4 Å². The summed E-state index contributed by atoms with van der Waals surface area (Å²) >= 11 is 0. The number of ether oxygens (including phenoxy) is 1. The van der Waals surface area contributed by atoms with E-state index in [2.05, 4.69) is 49.1 Å². The Morgan fingerprint density at radius 2 is 1.97 bits per heavy atom. The van der Waals surface area contributed by atoms with Crippen molar-refractivity contribution in [3.8, 4) is 16.9 Å². The molecule has 1 aliphatic rings. The molecule has 2 aromatic carbocycles. The average molecular weight is 404 g/mol. The van der Waals surface area contributed by atoms with Gasteiger partial charge in [-0.3, -0.25) is 9.78 Å². The number of likely N-dealkylation sites (N-methyl/N-ethyl adjacent to an activating group) is 1. The Labute approximate surface area is 178 Å². The highest BCUT2D eigenvalue weighted by Crippen LogP contribution is 2.32. The minimum atomic E-state index is -0.518. The van der Waals surface area contributed by atoms with Crippen molar-refractivity contribution >= 4 is 16.7 Å². The first-order valence-corrected chi connectivity index (χ1v) is 10.5. The van der Waals surface area contributed by atoms with Crippen LogP contribution in [0, 0.1) is 6.92 Å². The lowest BCUT2D eigenvalue weighted by molar-refractivity contribution is -0.137. The van der Waals surface area contributed by atoms with Gasteiger partial charge in [-0.15, -0.1) is 0 Å². The number of carbonyl (C=O) groups excluding carboxylic acids is 1. The maximum atomic E-state index is 12.8. The van der Waals surface area contributed by atoms with E-state index in [1.807, 2.05) is 48.5 Å². The molecule has 2 atom stereocenters. The third-order valence-corrected chi connectivity index (χ3v) is 6.03. The molecule has 0 bridgehead atoms. The lowest BCUT2D eigenvalue weighted by Crippen LogP contribution is -2.41. The summed E-state index contributed by atoms with van der Waals surface area (Å²) < 4.78 is 6.03. The summed E-state index contributed by atoms with van der Waals surface area (Å²) in [7, 11) is 4.12. The largest absolute Gasteiger partial charge is 0.481 e. The molecular formula is C25H29N3O2. The van der Waals surface area contributed by atoms with Gasteiger partial charge in [0.05, 0.1) is 0 Å². The van der Waals surface area contributed by atoms with E-state index in [9.17, 15) is 4.79 Å². The van der Waals surface area contributed by atoms with Gasteiger partial charge in [0.1, 0.15) is 5.75 Å². The van der Waals surface area contributed by atoms with Gasteiger partial charge in [-0.1, -0.05) is 24.3 Å². The fourth-order valence-corrected chi connectivity index (χ4v) is 4.19. The molecule has 1 aromatic heterocycles. The molecule has 2 heterocycles. The molecular weight excluding hydrogens is 374 g/mol. The number of pyridine rings is 1. The first-order chi connectivity index (χ1) is 14.4. The van der Waals surface area contributed by atoms with Crippen molar-refractivity contribution < 1.29 is 9.53 Å². The van der Waals surface area contributed by atoms with E-state index in [4.69, 9.17) is 4.74 Å². The zero-order valence-electron chi connectivity index (χ0n) is 18.1. The molecule has 5 heteroatoms. The van der Waals surface area contributed by atoms with E-state index in [1.165, 1.54) is 11.1 Å². The third kappa shape index (κ3) is 4.03. The Kier molecular flexibility index (Phi) is 5.73. The van der Waals surface area contributed by atoms with Crippen LogP contribution < -0.4 is 4.74 Å². The summed E-state index contributed by atoms with van der Waals surface area (Å²) in [6.07, 6.45) is 4.25. The first-order valence-electron chi connectivity index (χ1n) is 10.5. The predicted molar refractivity (Wildman–Crippen MR) is 121 cm³/mol. The fraction of sp³-hybridized carbons (Fsp3) is 0.360. The second-order valence-corrected chi connectivity index (χ2v) is 8.34. The van der Waals surface area contributed by atoms with Crippen molar-refractivity contribution in [2.24, 2.45) is 0 Å². The van der Waals surface area contributed by atoms with Crippen LogP contribution in [0.15, 0.2) is 54.9 Å². The Balaban J connectivity index is 1.53. The van der Waals surface area contributed by atoms with Crippen LogP contribution in [0.5, 0.6) is 5.75 Å². The zero-order valence-corrected chi connectivity index (χ0v) is 18.1. The fourth-order valence-electron chi connectivity index (χ4n) is 4.19. The maximum Gasteiger partial charge on any atom is 0.263 e. The average Bonchev–Trinajstić information content (AvgIpc) is 3.23. The smallest absolute Gasteiger partial charge is 0.263 e. The Morgan fingerprint density at radius 3 is 2.70 bits per heavy atom. The van der Waals surface area contributed by atoms with Crippen LogP contribution in [0.1, 0.15) is 18.9 Å². The van der Waals surface area contributed by atoms with Crippen LogP contribution in [-0.4, -0.2) is 60.0 Å². The number of benzene rings is 2. The normalized spacial score (nSPS) is 17.5. The standard InChI is InChI=1S/C25H29N3O2/c1-17-7-5-6-8-22(17)24-15-26-14-19-13-21(9-10-23(19)24)30-18(2)25(29)28-12-11-20(16-28)27(3)4/h5-10,13-15,18,20H,11-12,16H2,1-4H3/t18-,20-/m1/s1. The number of hydrogen-bond donors (Lipinski definition) is 0. The zero-order chi connectivity index (χ0) is 21.3. The molecule has 156 valence electrons. The van der Waals surface area contributed by atoms with Crippen LogP contribution in [0.25, 0.3) is 21.9 Å². The van der Waals surface area contributed by atoms with Gasteiger partial charge in [-0.2, -0.15) is 0 Å². The molecule has 4 rings (SSSR count). The van der Waals surface area contributed by atoms with E-state index >= 15 is 0 Å². The third-order valence-electron chi connectivity index (χ3n) is 6.03. The highest BCUT2D eigenvalue weighted by atomic mass is 16.5. The first kappa shape index (κ1) is 20.4. The number of aryl methyl sites for hydroxylation is 1. The van der Waals surface area contributed by atoms with Gasteiger partial charge in [0.15, 0.2) is 6.10 Å². The number of likely N-dealkylation sites (tertiary alicyclic amines) is 1. The van der Waals surface area contributed by atoms with Gasteiger partial charge in [0, 0.05) is 42.5 Å². The lowest BCUT2D eigenvalue weighted by Gasteiger charge is -2.23. The van der Waals surface area contributed by atoms with E-state index in [-0.39, 0.29) is 5.91 Å². The van der Waals surface area contributed by atoms with Crippen molar-refractivity contribution in [3.63, 3.8) is 0 Å². The molecule has 5 nitrogen and oxygen atoms in total. The van der Waals surface area contributed by atoms with Crippen molar-refractivity contribution in [1.29, 1.82) is 0 Å². The van der Waals surface area contributed by atoms with Gasteiger partial charge in [0.2, 0.25) is 0 Å². The van der Waals surface area contributed by atoms with Crippen LogP contribution in [0.2, 0.25) is 0 Å². The number of fused-ring (bicyclic) bond motifs is 1. The number of carbonyl (C=O) groups is 1. The van der Waals surface area contributed by atoms with E-state index < -0.39 is 6.10 Å². The molecule has 0 aliphatic carbocycles. The second-order valence-electron chi connectivity index (χ2n) is 8.34. The number of rotatable bonds is 5. The van der Waals surface area contributed by atoms with Gasteiger partial charge >= 0.3 is 0 Å². The molecule has 3 aromatic rings. The summed E-state index contributed by atoms with van der Waals surface area (Å²) in [5.41, 5.74) is 3.50. The molecule has 0 saturated carbocycles. The molecule has 0 unspecified atom stereocenters. The molecule has 0 N–H and O–H groups in total. The second kappa shape index (κ2) is 8.44. The number of amides is 1. The highest BCUT2D eigenvalue weighted by Gasteiger charge is 2.30. The monoisotopic (exact) mass is 403 g/mol. The van der Waals surface area contributed by atoms with Gasteiger partial charge in [-0.25, -0.2) is 0 Å². The Bertz CT molecular complexity index is 1060. The minimum absolute atomic E-state index is 0.0474. The SMILES string of the molecule is Cc1ccccc1-c1cncc2cc(O[C@H](C)C(=O)N3CC[C@@H](N(C)C)C3)ccc12. The van der Waals surface area contributed by atoms with Crippen LogP contribution >= 0.6 is 0 Å². The number of aromatic nitrogens is 1. The molecule has 1 fully saturated rings. The maximum absolute atomic E-state index is 12.8. The number of nitrogens with zero attached hydrogens (tertiary/aromatic N) is 3. The summed E-state index contributed by atoms with van der Waals surface area (Å²) in [5.74, 6) is 0.738. The Hall–Kier alpha value is -2.92. The van der Waals surface area contributed by atoms with Gasteiger partial charge in [-0.05, 0) is 69.1 Å². The highest BCUT2D eigenvalue weighted by molar-refractivity contribution is 5.97. The van der Waals surface area contributed by atoms with Crippen molar-refractivity contribution in [2.75, 3.05) is 27.2 Å². The van der Waals surface area contributed by atoms with E-state index in [1.54, 1.807) is 0 Å². The van der Waals surface area contributed by atoms with E-state index in [0.717, 1.165) is 35.8 Å². The molecule has 30 heavy (non-hydrogen) atoms. The topological polar surface area (TPSA) is 45.7 Å². The summed E-state index contributed by atoms with van der Waals surface area (Å²) in [4.78, 5) is 21.4. The predicted octanol–water partition coefficient (Wildman–Crippen LogP) is 4.14. The van der Waals surface area contributed by atoms with Crippen molar-refractivity contribution in [2.45, 2.75) is 32.4 Å². The molecule has 1 aliphatic heterocycles.